The van der Waals surface area contributed by atoms with Crippen molar-refractivity contribution < 1.29 is 9.59 Å². The molecule has 0 bridgehead atoms. The van der Waals surface area contributed by atoms with Gasteiger partial charge >= 0.3 is 0 Å². The Bertz CT molecular complexity index is 622. The Morgan fingerprint density at radius 3 is 3.00 bits per heavy atom. The second kappa shape index (κ2) is 5.21. The first-order chi connectivity index (χ1) is 9.90. The lowest BCUT2D eigenvalue weighted by Crippen LogP contribution is -2.48. The smallest absolute Gasteiger partial charge is 0.248 e. The van der Waals surface area contributed by atoms with Gasteiger partial charge in [0.2, 0.25) is 11.8 Å². The summed E-state index contributed by atoms with van der Waals surface area (Å²) in [6.07, 6.45) is 1.34. The summed E-state index contributed by atoms with van der Waals surface area (Å²) in [4.78, 5) is 26.1. The van der Waals surface area contributed by atoms with E-state index in [9.17, 15) is 9.59 Å². The number of nitrogens with one attached hydrogen (secondary N) is 1. The zero-order chi connectivity index (χ0) is 15.2. The van der Waals surface area contributed by atoms with Crippen molar-refractivity contribution in [3.05, 3.63) is 28.8 Å². The predicted octanol–water partition coefficient (Wildman–Crippen LogP) is 3.04. The van der Waals surface area contributed by atoms with Crippen molar-refractivity contribution in [2.45, 2.75) is 37.6 Å². The molecular weight excluding hydrogens is 308 g/mol. The first-order valence-electron chi connectivity index (χ1n) is 6.94. The van der Waals surface area contributed by atoms with Crippen molar-refractivity contribution in [3.63, 3.8) is 0 Å². The van der Waals surface area contributed by atoms with Gasteiger partial charge < -0.3 is 10.2 Å². The van der Waals surface area contributed by atoms with Gasteiger partial charge in [-0.25, -0.2) is 0 Å². The summed E-state index contributed by atoms with van der Waals surface area (Å²) >= 11 is 7.83. The zero-order valence-electron chi connectivity index (χ0n) is 12.0. The van der Waals surface area contributed by atoms with E-state index in [1.807, 2.05) is 26.0 Å². The van der Waals surface area contributed by atoms with Gasteiger partial charge in [-0.3, -0.25) is 9.59 Å². The zero-order valence-corrected chi connectivity index (χ0v) is 13.6. The first kappa shape index (κ1) is 14.7. The van der Waals surface area contributed by atoms with Crippen molar-refractivity contribution >= 4 is 40.9 Å². The first-order valence-corrected chi connectivity index (χ1v) is 8.30. The second-order valence-electron chi connectivity index (χ2n) is 5.74. The molecule has 2 saturated heterocycles. The number of rotatable bonds is 2. The highest BCUT2D eigenvalue weighted by Crippen LogP contribution is 2.47. The van der Waals surface area contributed by atoms with Gasteiger partial charge in [0.05, 0.1) is 15.6 Å². The van der Waals surface area contributed by atoms with Gasteiger partial charge in [0.15, 0.2) is 0 Å². The summed E-state index contributed by atoms with van der Waals surface area (Å²) in [5.74, 6) is 0.544. The van der Waals surface area contributed by atoms with Crippen LogP contribution < -0.4 is 5.32 Å². The number of thioether (sulfide) groups is 1. The molecule has 0 unspecified atom stereocenters. The summed E-state index contributed by atoms with van der Waals surface area (Å²) in [7, 11) is 0. The Balaban J connectivity index is 1.78. The number of amides is 2. The maximum Gasteiger partial charge on any atom is 0.248 e. The van der Waals surface area contributed by atoms with Crippen LogP contribution in [0.25, 0.3) is 0 Å². The van der Waals surface area contributed by atoms with E-state index in [1.165, 1.54) is 0 Å². The van der Waals surface area contributed by atoms with Crippen LogP contribution in [-0.4, -0.2) is 33.4 Å². The molecule has 1 N–H and O–H groups in total. The quantitative estimate of drug-likeness (QED) is 0.909. The molecule has 2 aliphatic rings. The van der Waals surface area contributed by atoms with Crippen LogP contribution in [0.2, 0.25) is 5.02 Å². The number of halogens is 1. The lowest BCUT2D eigenvalue weighted by molar-refractivity contribution is -0.135. The summed E-state index contributed by atoms with van der Waals surface area (Å²) in [6.45, 7) is 3.98. The summed E-state index contributed by atoms with van der Waals surface area (Å²) in [6, 6.07) is 5.09. The highest BCUT2D eigenvalue weighted by atomic mass is 35.5. The van der Waals surface area contributed by atoms with Crippen LogP contribution in [0, 0.1) is 6.92 Å². The van der Waals surface area contributed by atoms with Crippen molar-refractivity contribution in [2.24, 2.45) is 0 Å². The summed E-state index contributed by atoms with van der Waals surface area (Å²) in [5.41, 5.74) is 1.63. The van der Waals surface area contributed by atoms with E-state index in [0.717, 1.165) is 12.0 Å². The molecule has 1 aromatic carbocycles. The molecule has 2 amide bonds. The number of hydrogen-bond acceptors (Lipinski definition) is 3. The molecule has 1 aromatic rings. The highest BCUT2D eigenvalue weighted by Gasteiger charge is 2.52. The molecule has 21 heavy (non-hydrogen) atoms. The van der Waals surface area contributed by atoms with E-state index in [2.05, 4.69) is 5.32 Å². The Kier molecular flexibility index (Phi) is 3.66. The third-order valence-electron chi connectivity index (χ3n) is 4.13. The van der Waals surface area contributed by atoms with Gasteiger partial charge in [-0.15, -0.1) is 11.8 Å². The fourth-order valence-corrected chi connectivity index (χ4v) is 4.67. The number of carbonyl (C=O) groups excluding carboxylic acids is 2. The lowest BCUT2D eigenvalue weighted by atomic mass is 10.2. The number of nitrogens with zero attached hydrogens (tertiary/aromatic N) is 1. The van der Waals surface area contributed by atoms with Gasteiger partial charge in [0, 0.05) is 12.2 Å². The van der Waals surface area contributed by atoms with E-state index in [1.54, 1.807) is 22.7 Å². The minimum absolute atomic E-state index is 0.0673. The Morgan fingerprint density at radius 1 is 1.52 bits per heavy atom. The molecule has 0 aliphatic carbocycles. The van der Waals surface area contributed by atoms with E-state index < -0.39 is 6.04 Å². The largest absolute Gasteiger partial charge is 0.323 e. The number of aryl methyl sites for hydroxylation is 1. The highest BCUT2D eigenvalue weighted by molar-refractivity contribution is 8.01. The van der Waals surface area contributed by atoms with Crippen molar-refractivity contribution in [3.8, 4) is 0 Å². The summed E-state index contributed by atoms with van der Waals surface area (Å²) < 4.78 is 0. The molecule has 0 spiro atoms. The third-order valence-corrected chi connectivity index (χ3v) is 5.95. The maximum absolute atomic E-state index is 12.5. The molecule has 112 valence electrons. The molecule has 6 heteroatoms. The van der Waals surface area contributed by atoms with E-state index in [-0.39, 0.29) is 16.7 Å². The van der Waals surface area contributed by atoms with Crippen LogP contribution in [0.15, 0.2) is 18.2 Å². The predicted molar refractivity (Wildman–Crippen MR) is 85.5 cm³/mol. The van der Waals surface area contributed by atoms with E-state index in [4.69, 9.17) is 11.6 Å². The van der Waals surface area contributed by atoms with Crippen LogP contribution in [0.5, 0.6) is 0 Å². The van der Waals surface area contributed by atoms with Crippen molar-refractivity contribution in [1.29, 1.82) is 0 Å². The van der Waals surface area contributed by atoms with Crippen LogP contribution in [0.4, 0.5) is 5.69 Å². The molecule has 4 nitrogen and oxygen atoms in total. The lowest BCUT2D eigenvalue weighted by Gasteiger charge is -2.29. The number of anilines is 1. The average Bonchev–Trinajstić information content (AvgIpc) is 2.90. The molecule has 2 atom stereocenters. The van der Waals surface area contributed by atoms with Crippen LogP contribution in [0.3, 0.4) is 0 Å². The standard InChI is InChI=1S/C15H17ClN2O2S/c1-9-3-4-11(10(16)7-9)17-14(20)12-8-21-15(2)6-5-13(19)18(12)15/h3-4,7,12H,5-6,8H2,1-2H3,(H,17,20)/t12-,15-/m1/s1. The normalized spacial score (nSPS) is 27.9. The number of hydrogen-bond donors (Lipinski definition) is 1. The van der Waals surface area contributed by atoms with Crippen LogP contribution in [-0.2, 0) is 9.59 Å². The number of benzene rings is 1. The molecule has 0 saturated carbocycles. The molecule has 2 aliphatic heterocycles. The van der Waals surface area contributed by atoms with Crippen molar-refractivity contribution in [2.75, 3.05) is 11.1 Å². The molecule has 0 radical (unpaired) electrons. The fraction of sp³-hybridized carbons (Fsp3) is 0.467. The number of fused-ring (bicyclic) bond motifs is 1. The Labute approximate surface area is 133 Å². The SMILES string of the molecule is Cc1ccc(NC(=O)[C@H]2CS[C@]3(C)CCC(=O)N23)c(Cl)c1. The molecule has 3 rings (SSSR count). The van der Waals surface area contributed by atoms with Gasteiger partial charge in [-0.05, 0) is 38.0 Å². The summed E-state index contributed by atoms with van der Waals surface area (Å²) in [5, 5.41) is 3.37. The Morgan fingerprint density at radius 2 is 2.29 bits per heavy atom. The van der Waals surface area contributed by atoms with Gasteiger partial charge in [-0.1, -0.05) is 17.7 Å². The maximum atomic E-state index is 12.5. The van der Waals surface area contributed by atoms with E-state index in [0.29, 0.717) is 22.9 Å². The Hall–Kier alpha value is -1.20. The molecule has 2 heterocycles. The van der Waals surface area contributed by atoms with Gasteiger partial charge in [0.1, 0.15) is 6.04 Å². The van der Waals surface area contributed by atoms with Crippen LogP contribution >= 0.6 is 23.4 Å². The fourth-order valence-electron chi connectivity index (χ4n) is 2.95. The minimum atomic E-state index is -0.410. The second-order valence-corrected chi connectivity index (χ2v) is 7.65. The molecular formula is C15H17ClN2O2S. The average molecular weight is 325 g/mol. The molecule has 0 aromatic heterocycles. The minimum Gasteiger partial charge on any atom is -0.323 e. The van der Waals surface area contributed by atoms with Gasteiger partial charge in [-0.2, -0.15) is 0 Å². The number of carbonyl (C=O) groups is 2. The monoisotopic (exact) mass is 324 g/mol. The van der Waals surface area contributed by atoms with E-state index >= 15 is 0 Å². The van der Waals surface area contributed by atoms with Crippen LogP contribution in [0.1, 0.15) is 25.3 Å². The topological polar surface area (TPSA) is 49.4 Å². The van der Waals surface area contributed by atoms with Crippen molar-refractivity contribution in [1.82, 2.24) is 4.90 Å². The van der Waals surface area contributed by atoms with Gasteiger partial charge in [0.25, 0.3) is 0 Å². The third kappa shape index (κ3) is 2.53. The molecule has 2 fully saturated rings.